The van der Waals surface area contributed by atoms with Gasteiger partial charge in [-0.2, -0.15) is 0 Å². The first-order chi connectivity index (χ1) is 18.9. The molecule has 1 aromatic carbocycles. The first-order valence-corrected chi connectivity index (χ1v) is 15.2. The molecule has 1 aromatic heterocycles. The average molecular weight is 530 g/mol. The highest BCUT2D eigenvalue weighted by Gasteiger charge is 2.56. The Labute approximate surface area is 229 Å². The molecule has 7 nitrogen and oxygen atoms in total. The number of nitrogens with zero attached hydrogens (tertiary/aromatic N) is 2. The Bertz CT molecular complexity index is 1380. The van der Waals surface area contributed by atoms with E-state index < -0.39 is 0 Å². The minimum Gasteiger partial charge on any atom is -0.508 e. The topological polar surface area (TPSA) is 96.9 Å². The number of aliphatic hydroxyl groups is 1. The number of fused-ring (bicyclic) bond motifs is 4. The summed E-state index contributed by atoms with van der Waals surface area (Å²) in [4.78, 5) is 35.2. The third-order valence-electron chi connectivity index (χ3n) is 11.3. The van der Waals surface area contributed by atoms with Crippen molar-refractivity contribution in [2.24, 2.45) is 11.8 Å². The Hall–Kier alpha value is -2.64. The van der Waals surface area contributed by atoms with Crippen LogP contribution in [0, 0.1) is 11.8 Å². The number of phenolic OH excluding ortho intramolecular Hbond substituents is 1. The van der Waals surface area contributed by atoms with Crippen LogP contribution in [0.5, 0.6) is 5.75 Å². The number of nitrogens with one attached hydrogen (secondary N) is 1. The van der Waals surface area contributed by atoms with Crippen molar-refractivity contribution in [1.82, 2.24) is 14.8 Å². The number of aliphatic hydroxyl groups excluding tert-OH is 1. The van der Waals surface area contributed by atoms with Gasteiger partial charge in [0.25, 0.3) is 11.5 Å². The summed E-state index contributed by atoms with van der Waals surface area (Å²) in [6.45, 7) is 2.24. The van der Waals surface area contributed by atoms with Crippen LogP contribution in [0.3, 0.4) is 0 Å². The Kier molecular flexibility index (Phi) is 5.38. The molecule has 8 rings (SSSR count). The first-order valence-electron chi connectivity index (χ1n) is 15.2. The molecule has 0 radical (unpaired) electrons. The van der Waals surface area contributed by atoms with Crippen LogP contribution in [0.2, 0.25) is 0 Å². The second kappa shape index (κ2) is 8.68. The van der Waals surface area contributed by atoms with Crippen LogP contribution in [0.1, 0.15) is 84.1 Å². The van der Waals surface area contributed by atoms with Gasteiger partial charge in [-0.3, -0.25) is 14.5 Å². The van der Waals surface area contributed by atoms with E-state index in [9.17, 15) is 19.8 Å². The Morgan fingerprint density at radius 2 is 1.85 bits per heavy atom. The lowest BCUT2D eigenvalue weighted by Crippen LogP contribution is -2.63. The summed E-state index contributed by atoms with van der Waals surface area (Å²) in [6.07, 6.45) is 10.1. The number of amides is 1. The fourth-order valence-corrected chi connectivity index (χ4v) is 9.34. The van der Waals surface area contributed by atoms with Crippen molar-refractivity contribution < 1.29 is 15.0 Å². The van der Waals surface area contributed by atoms with Gasteiger partial charge in [0, 0.05) is 35.8 Å². The van der Waals surface area contributed by atoms with Gasteiger partial charge in [-0.25, -0.2) is 0 Å². The van der Waals surface area contributed by atoms with Gasteiger partial charge in [-0.1, -0.05) is 6.07 Å². The third kappa shape index (κ3) is 3.76. The van der Waals surface area contributed by atoms with E-state index in [1.807, 2.05) is 23.1 Å². The molecule has 39 heavy (non-hydrogen) atoms. The summed E-state index contributed by atoms with van der Waals surface area (Å²) >= 11 is 0. The lowest BCUT2D eigenvalue weighted by atomic mass is 9.52. The van der Waals surface area contributed by atoms with Gasteiger partial charge in [-0.15, -0.1) is 0 Å². The summed E-state index contributed by atoms with van der Waals surface area (Å²) in [5.74, 6) is 1.39. The van der Waals surface area contributed by atoms with Gasteiger partial charge in [0.05, 0.1) is 6.10 Å². The molecule has 1 saturated carbocycles. The molecule has 3 N–H and O–H groups in total. The second-order valence-electron chi connectivity index (χ2n) is 13.5. The highest BCUT2D eigenvalue weighted by molar-refractivity contribution is 5.94. The van der Waals surface area contributed by atoms with Crippen molar-refractivity contribution in [3.63, 3.8) is 0 Å². The molecule has 3 aliphatic carbocycles. The fraction of sp³-hybridized carbons (Fsp3) is 0.625. The van der Waals surface area contributed by atoms with E-state index in [1.165, 1.54) is 30.5 Å². The van der Waals surface area contributed by atoms with Gasteiger partial charge in [0.15, 0.2) is 0 Å². The number of hydrogen-bond acceptors (Lipinski definition) is 5. The zero-order valence-corrected chi connectivity index (χ0v) is 22.6. The number of aromatic nitrogens is 1. The SMILES string of the molecule is O=C(c1cc2c([nH]c1=O)C[C@]13CCN(CC4CC4)[C@H](Cc4ccc(O)cc41)[C@@H]3C2)N1[C@@H]2CCC[C@H]1CC(O)C2. The van der Waals surface area contributed by atoms with Gasteiger partial charge < -0.3 is 20.1 Å². The van der Waals surface area contributed by atoms with Crippen LogP contribution in [0.15, 0.2) is 29.1 Å². The van der Waals surface area contributed by atoms with E-state index >= 15 is 0 Å². The van der Waals surface area contributed by atoms with Gasteiger partial charge >= 0.3 is 0 Å². The zero-order valence-electron chi connectivity index (χ0n) is 22.6. The molecule has 6 atom stereocenters. The maximum atomic E-state index is 13.9. The van der Waals surface area contributed by atoms with Crippen molar-refractivity contribution in [3.05, 3.63) is 62.6 Å². The number of aromatic amines is 1. The summed E-state index contributed by atoms with van der Waals surface area (Å²) < 4.78 is 0. The van der Waals surface area contributed by atoms with Crippen LogP contribution < -0.4 is 5.56 Å². The van der Waals surface area contributed by atoms with Crippen LogP contribution in [0.4, 0.5) is 0 Å². The molecule has 2 aromatic rings. The van der Waals surface area contributed by atoms with Gasteiger partial charge in [0.1, 0.15) is 11.3 Å². The van der Waals surface area contributed by atoms with E-state index in [-0.39, 0.29) is 40.6 Å². The fourth-order valence-electron chi connectivity index (χ4n) is 9.34. The van der Waals surface area contributed by atoms with Gasteiger partial charge in [-0.05, 0) is 124 Å². The van der Waals surface area contributed by atoms with Crippen molar-refractivity contribution >= 4 is 5.91 Å². The molecule has 3 saturated heterocycles. The number of rotatable bonds is 3. The number of pyridine rings is 1. The number of H-pyrrole nitrogens is 1. The maximum Gasteiger partial charge on any atom is 0.261 e. The number of carbonyl (C=O) groups excluding carboxylic acids is 1. The van der Waals surface area contributed by atoms with E-state index in [2.05, 4.69) is 16.0 Å². The molecule has 4 bridgehead atoms. The monoisotopic (exact) mass is 529 g/mol. The second-order valence-corrected chi connectivity index (χ2v) is 13.5. The van der Waals surface area contributed by atoms with Crippen molar-refractivity contribution in [1.29, 1.82) is 0 Å². The Morgan fingerprint density at radius 3 is 2.62 bits per heavy atom. The average Bonchev–Trinajstić information content (AvgIpc) is 3.72. The number of carbonyl (C=O) groups is 1. The number of benzene rings is 1. The number of hydrogen-bond donors (Lipinski definition) is 3. The number of aromatic hydroxyl groups is 1. The lowest BCUT2D eigenvalue weighted by molar-refractivity contribution is -0.0152. The van der Waals surface area contributed by atoms with E-state index in [1.54, 1.807) is 0 Å². The van der Waals surface area contributed by atoms with Crippen LogP contribution in [-0.4, -0.2) is 68.2 Å². The molecule has 206 valence electrons. The first kappa shape index (κ1) is 24.2. The normalized spacial score (nSPS) is 35.1. The van der Waals surface area contributed by atoms with E-state index in [4.69, 9.17) is 0 Å². The zero-order chi connectivity index (χ0) is 26.5. The standard InChI is InChI=1S/C32H39N3O4/c36-23-7-6-19-12-29-27-11-20-10-25(31(39)35-21-2-1-3-22(35)14-24(37)13-21)30(38)33-28(20)16-32(27,26(19)15-23)8-9-34(29)17-18-4-5-18/h6-7,10,15,18,21-22,24,27,29,36-37H,1-5,8-9,11-14,16-17H2,(H,33,38)/t21-,22+,24?,27-,29+,32+/m0/s1. The quantitative estimate of drug-likeness (QED) is 0.567. The van der Waals surface area contributed by atoms with Crippen LogP contribution in [-0.2, 0) is 24.7 Å². The molecule has 4 heterocycles. The van der Waals surface area contributed by atoms with Crippen molar-refractivity contribution in [2.45, 2.75) is 100 Å². The molecule has 1 amide bonds. The maximum absolute atomic E-state index is 13.9. The van der Waals surface area contributed by atoms with E-state index in [0.29, 0.717) is 30.6 Å². The smallest absolute Gasteiger partial charge is 0.261 e. The minimum absolute atomic E-state index is 0.0246. The molecule has 6 aliphatic rings. The molecule has 7 heteroatoms. The summed E-state index contributed by atoms with van der Waals surface area (Å²) in [5.41, 5.74) is 4.57. The largest absolute Gasteiger partial charge is 0.508 e. The predicted octanol–water partition coefficient (Wildman–Crippen LogP) is 3.29. The van der Waals surface area contributed by atoms with E-state index in [0.717, 1.165) is 68.7 Å². The minimum atomic E-state index is -0.353. The summed E-state index contributed by atoms with van der Waals surface area (Å²) in [7, 11) is 0. The molecule has 4 fully saturated rings. The number of phenols is 1. The highest BCUT2D eigenvalue weighted by Crippen LogP contribution is 2.55. The number of piperidine rings is 3. The van der Waals surface area contributed by atoms with Crippen molar-refractivity contribution in [2.75, 3.05) is 13.1 Å². The van der Waals surface area contributed by atoms with Crippen LogP contribution >= 0.6 is 0 Å². The highest BCUT2D eigenvalue weighted by atomic mass is 16.3. The summed E-state index contributed by atoms with van der Waals surface area (Å²) in [5, 5.41) is 20.8. The Balaban J connectivity index is 1.18. The Morgan fingerprint density at radius 1 is 1.05 bits per heavy atom. The lowest BCUT2D eigenvalue weighted by Gasteiger charge is -2.59. The third-order valence-corrected chi connectivity index (χ3v) is 11.3. The molecule has 1 unspecified atom stereocenters. The molecule has 0 spiro atoms. The molecular formula is C32H39N3O4. The van der Waals surface area contributed by atoms with Crippen molar-refractivity contribution in [3.8, 4) is 5.75 Å². The molecule has 3 aliphatic heterocycles. The number of likely N-dealkylation sites (tertiary alicyclic amines) is 1. The van der Waals surface area contributed by atoms with Gasteiger partial charge in [0.2, 0.25) is 0 Å². The summed E-state index contributed by atoms with van der Waals surface area (Å²) in [6, 6.07) is 8.33. The molecular weight excluding hydrogens is 490 g/mol. The predicted molar refractivity (Wildman–Crippen MR) is 147 cm³/mol. The van der Waals surface area contributed by atoms with Crippen LogP contribution in [0.25, 0.3) is 0 Å².